The highest BCUT2D eigenvalue weighted by atomic mass is 19.4. The molecule has 12 nitrogen and oxygen atoms in total. The number of aliphatic carboxylic acids is 3. The number of carbonyl (C=O) groups is 4. The van der Waals surface area contributed by atoms with E-state index in [2.05, 4.69) is 59.2 Å². The van der Waals surface area contributed by atoms with E-state index in [0.717, 1.165) is 86.6 Å². The molecule has 0 bridgehead atoms. The molecule has 0 saturated carbocycles. The van der Waals surface area contributed by atoms with E-state index in [-0.39, 0.29) is 11.7 Å². The molecule has 0 aliphatic carbocycles. The summed E-state index contributed by atoms with van der Waals surface area (Å²) in [5.74, 6) is -8.65. The van der Waals surface area contributed by atoms with E-state index in [4.69, 9.17) is 29.7 Å². The third-order valence-electron chi connectivity index (χ3n) is 9.39. The molecular formula is C41H48F10N5O7+. The van der Waals surface area contributed by atoms with Gasteiger partial charge in [0.25, 0.3) is 5.91 Å². The second-order valence-electron chi connectivity index (χ2n) is 14.7. The average molecular weight is 913 g/mol. The summed E-state index contributed by atoms with van der Waals surface area (Å²) in [5.41, 5.74) is 5.25. The van der Waals surface area contributed by atoms with Crippen molar-refractivity contribution >= 4 is 23.8 Å². The van der Waals surface area contributed by atoms with Crippen LogP contribution >= 0.6 is 0 Å². The first-order valence-corrected chi connectivity index (χ1v) is 18.9. The summed E-state index contributed by atoms with van der Waals surface area (Å²) in [6, 6.07) is 21.6. The lowest BCUT2D eigenvalue weighted by atomic mass is 10.00. The third-order valence-corrected chi connectivity index (χ3v) is 9.39. The lowest BCUT2D eigenvalue weighted by molar-refractivity contribution is -0.908. The van der Waals surface area contributed by atoms with Crippen LogP contribution in [0.15, 0.2) is 79.4 Å². The van der Waals surface area contributed by atoms with Crippen molar-refractivity contribution in [1.29, 1.82) is 0 Å². The Bertz CT molecular complexity index is 1950. The predicted molar refractivity (Wildman–Crippen MR) is 210 cm³/mol. The van der Waals surface area contributed by atoms with Crippen molar-refractivity contribution in [1.82, 2.24) is 20.4 Å². The maximum Gasteiger partial charge on any atom is 0.490 e. The van der Waals surface area contributed by atoms with Crippen LogP contribution in [0.3, 0.4) is 0 Å². The van der Waals surface area contributed by atoms with Gasteiger partial charge in [0.1, 0.15) is 5.82 Å². The van der Waals surface area contributed by atoms with E-state index in [0.29, 0.717) is 23.7 Å². The van der Waals surface area contributed by atoms with Crippen LogP contribution in [0.25, 0.3) is 11.1 Å². The van der Waals surface area contributed by atoms with Crippen molar-refractivity contribution < 1.29 is 82.9 Å². The molecule has 3 aromatic rings. The number of halogens is 10. The highest BCUT2D eigenvalue weighted by Crippen LogP contribution is 2.26. The van der Waals surface area contributed by atoms with Gasteiger partial charge < -0.3 is 30.4 Å². The van der Waals surface area contributed by atoms with Gasteiger partial charge in [0.15, 0.2) is 0 Å². The van der Waals surface area contributed by atoms with Crippen LogP contribution in [-0.4, -0.2) is 137 Å². The Morgan fingerprint density at radius 2 is 1.27 bits per heavy atom. The van der Waals surface area contributed by atoms with Crippen LogP contribution in [0.1, 0.15) is 34.0 Å². The van der Waals surface area contributed by atoms with E-state index in [1.807, 2.05) is 42.5 Å². The smallest absolute Gasteiger partial charge is 0.475 e. The summed E-state index contributed by atoms with van der Waals surface area (Å²) in [6.07, 6.45) is -13.2. The number of alkyl halides is 9. The van der Waals surface area contributed by atoms with Gasteiger partial charge in [-0.3, -0.25) is 14.6 Å². The summed E-state index contributed by atoms with van der Waals surface area (Å²) >= 11 is 0. The minimum atomic E-state index is -5.08. The average Bonchev–Trinajstić information content (AvgIpc) is 3.18. The van der Waals surface area contributed by atoms with Crippen LogP contribution < -0.4 is 10.6 Å². The number of hydrogen-bond acceptors (Lipinski definition) is 7. The molecule has 0 radical (unpaired) electrons. The first-order valence-electron chi connectivity index (χ1n) is 18.9. The van der Waals surface area contributed by atoms with Crippen LogP contribution in [-0.2, 0) is 34.0 Å². The van der Waals surface area contributed by atoms with Gasteiger partial charge in [-0.15, -0.1) is 0 Å². The fourth-order valence-electron chi connectivity index (χ4n) is 6.15. The Balaban J connectivity index is 0.000000536. The fourth-order valence-corrected chi connectivity index (χ4v) is 6.15. The molecule has 2 fully saturated rings. The summed E-state index contributed by atoms with van der Waals surface area (Å²) in [7, 11) is 2.29. The zero-order valence-electron chi connectivity index (χ0n) is 34.1. The topological polar surface area (TPSA) is 160 Å². The molecule has 22 heteroatoms. The van der Waals surface area contributed by atoms with E-state index in [1.165, 1.54) is 11.6 Å². The minimum Gasteiger partial charge on any atom is -0.475 e. The van der Waals surface area contributed by atoms with E-state index >= 15 is 0 Å². The third kappa shape index (κ3) is 19.6. The van der Waals surface area contributed by atoms with E-state index < -0.39 is 36.4 Å². The van der Waals surface area contributed by atoms with Crippen LogP contribution in [0.5, 0.6) is 0 Å². The normalized spacial score (nSPS) is 16.7. The second-order valence-corrected chi connectivity index (χ2v) is 14.7. The highest BCUT2D eigenvalue weighted by molar-refractivity contribution is 5.94. The van der Waals surface area contributed by atoms with Crippen LogP contribution in [0.2, 0.25) is 0 Å². The molecule has 0 aromatic heterocycles. The summed E-state index contributed by atoms with van der Waals surface area (Å²) in [5, 5.41) is 27.9. The standard InChI is InChI=1S/C35H44FN5O.3C2HF3O2/c1-4-17-41(3)18-15-39(16-19-41)25-30-8-6-10-32(21-30)35(42)38-23-28-11-12-34(36)33(22-28)31-9-5-7-29(20-31)26-40-14-13-37-27(2)24-40;3*3-2(4,5)1(6)7/h4-12,20-22,27,37H,1,13-19,23-26H2,2-3H3;3*(H,6,7)/p+1/t27-;;;/m0.../s1. The van der Waals surface area contributed by atoms with Gasteiger partial charge >= 0.3 is 36.4 Å². The van der Waals surface area contributed by atoms with E-state index in [9.17, 15) is 48.7 Å². The predicted octanol–water partition coefficient (Wildman–Crippen LogP) is 6.56. The lowest BCUT2D eigenvalue weighted by Gasteiger charge is -2.41. The molecule has 2 saturated heterocycles. The molecule has 2 heterocycles. The molecule has 0 spiro atoms. The van der Waals surface area contributed by atoms with Crippen molar-refractivity contribution in [2.45, 2.75) is 51.1 Å². The fraction of sp³-hybridized carbons (Fsp3) is 0.415. The molecule has 0 unspecified atom stereocenters. The molecule has 1 amide bonds. The number of piperazine rings is 2. The quantitative estimate of drug-likeness (QED) is 0.0857. The van der Waals surface area contributed by atoms with Crippen molar-refractivity contribution in [3.8, 4) is 11.1 Å². The summed E-state index contributed by atoms with van der Waals surface area (Å²) in [6.45, 7) is 16.4. The van der Waals surface area contributed by atoms with Gasteiger partial charge in [-0.2, -0.15) is 39.5 Å². The van der Waals surface area contributed by atoms with Gasteiger partial charge in [-0.05, 0) is 65.6 Å². The Labute approximate surface area is 356 Å². The van der Waals surface area contributed by atoms with Crippen LogP contribution in [0.4, 0.5) is 43.9 Å². The SMILES string of the molecule is C=CC[N+]1(C)CCN(Cc2cccc(C(=O)NCc3ccc(F)c(-c4cccc(CN5CCN[C@@H](C)C5)c4)c3)c2)CC1.O=C(O)C(F)(F)F.O=C(O)C(F)(F)F.O=C(O)C(F)(F)F. The number of carboxylic acids is 3. The molecule has 1 atom stereocenters. The van der Waals surface area contributed by atoms with Gasteiger partial charge in [0.05, 0.1) is 26.7 Å². The number of nitrogens with one attached hydrogen (secondary N) is 2. The van der Waals surface area contributed by atoms with Crippen molar-refractivity contribution in [2.75, 3.05) is 59.4 Å². The lowest BCUT2D eigenvalue weighted by Crippen LogP contribution is -2.56. The Hall–Kier alpha value is -5.58. The number of benzene rings is 3. The molecule has 3 aromatic carbocycles. The van der Waals surface area contributed by atoms with Crippen molar-refractivity contribution in [3.63, 3.8) is 0 Å². The number of nitrogens with zero attached hydrogens (tertiary/aromatic N) is 3. The van der Waals surface area contributed by atoms with Gasteiger partial charge in [0.2, 0.25) is 0 Å². The number of hydrogen-bond donors (Lipinski definition) is 5. The maximum atomic E-state index is 15.0. The zero-order chi connectivity index (χ0) is 47.8. The first kappa shape index (κ1) is 53.6. The molecule has 63 heavy (non-hydrogen) atoms. The molecule has 5 N–H and O–H groups in total. The second kappa shape index (κ2) is 23.7. The molecule has 2 aliphatic rings. The monoisotopic (exact) mass is 912 g/mol. The van der Waals surface area contributed by atoms with Gasteiger partial charge in [0, 0.05) is 69.5 Å². The summed E-state index contributed by atoms with van der Waals surface area (Å²) in [4.78, 5) is 44.7. The molecule has 5 rings (SSSR count). The number of likely N-dealkylation sites (N-methyl/N-ethyl adjacent to an activating group) is 1. The van der Waals surface area contributed by atoms with Crippen LogP contribution in [0, 0.1) is 5.82 Å². The zero-order valence-corrected chi connectivity index (χ0v) is 34.1. The highest BCUT2D eigenvalue weighted by Gasteiger charge is 2.39. The van der Waals surface area contributed by atoms with Crippen molar-refractivity contribution in [2.24, 2.45) is 0 Å². The molecule has 2 aliphatic heterocycles. The number of rotatable bonds is 10. The van der Waals surface area contributed by atoms with Gasteiger partial charge in [-0.1, -0.05) is 43.0 Å². The Morgan fingerprint density at radius 3 is 1.78 bits per heavy atom. The molecular weight excluding hydrogens is 864 g/mol. The molecule has 348 valence electrons. The number of quaternary nitrogens is 1. The number of amides is 1. The minimum absolute atomic E-state index is 0.121. The Kier molecular flexibility index (Phi) is 20.2. The van der Waals surface area contributed by atoms with Gasteiger partial charge in [-0.25, -0.2) is 18.8 Å². The first-order chi connectivity index (χ1) is 29.1. The number of carbonyl (C=O) groups excluding carboxylic acids is 1. The summed E-state index contributed by atoms with van der Waals surface area (Å²) < 4.78 is 111. The largest absolute Gasteiger partial charge is 0.490 e. The maximum absolute atomic E-state index is 15.0. The Morgan fingerprint density at radius 1 is 0.762 bits per heavy atom. The van der Waals surface area contributed by atoms with E-state index in [1.54, 1.807) is 6.07 Å². The van der Waals surface area contributed by atoms with Crippen molar-refractivity contribution in [3.05, 3.63) is 107 Å². The number of carboxylic acid groups (broad SMARTS) is 3.